The molecule has 0 aliphatic heterocycles. The highest BCUT2D eigenvalue weighted by molar-refractivity contribution is 6.40. The Kier molecular flexibility index (Phi) is 11.1. The number of carbonyl (C=O) groups is 5. The lowest BCUT2D eigenvalue weighted by atomic mass is 9.84. The largest absolute Gasteiger partial charge is 0.478 e. The van der Waals surface area contributed by atoms with Crippen LogP contribution in [0.1, 0.15) is 45.7 Å². The van der Waals surface area contributed by atoms with Gasteiger partial charge in [0, 0.05) is 47.0 Å². The Bertz CT molecular complexity index is 2040. The van der Waals surface area contributed by atoms with E-state index in [-0.39, 0.29) is 35.1 Å². The molecular weight excluding hydrogens is 678 g/mol. The van der Waals surface area contributed by atoms with Gasteiger partial charge >= 0.3 is 17.8 Å². The topological polar surface area (TPSA) is 210 Å². The molecule has 5 rings (SSSR count). The van der Waals surface area contributed by atoms with Crippen LogP contribution in [-0.2, 0) is 26.2 Å². The Labute approximate surface area is 296 Å². The summed E-state index contributed by atoms with van der Waals surface area (Å²) in [6.07, 6.45) is 4.31. The van der Waals surface area contributed by atoms with E-state index >= 15 is 0 Å². The summed E-state index contributed by atoms with van der Waals surface area (Å²) in [5, 5.41) is 31.2. The van der Waals surface area contributed by atoms with Gasteiger partial charge in [-0.1, -0.05) is 49.7 Å². The van der Waals surface area contributed by atoms with Crippen LogP contribution in [0.25, 0.3) is 5.69 Å². The van der Waals surface area contributed by atoms with Crippen molar-refractivity contribution in [2.24, 2.45) is 0 Å². The molecule has 4 amide bonds. The number of hydrogen-bond donors (Lipinski definition) is 5. The monoisotopic (exact) mass is 709 g/mol. The number of aromatic nitrogens is 5. The summed E-state index contributed by atoms with van der Waals surface area (Å²) in [5.41, 5.74) is 2.31. The first-order valence-electron chi connectivity index (χ1n) is 15.5. The number of amides is 4. The number of nitrogens with one attached hydrogen (secondary N) is 4. The van der Waals surface area contributed by atoms with Crippen LogP contribution in [0.5, 0.6) is 0 Å². The van der Waals surface area contributed by atoms with Crippen molar-refractivity contribution in [3.05, 3.63) is 125 Å². The minimum atomic E-state index is -1.20. The zero-order valence-electron chi connectivity index (χ0n) is 27.3. The second kappa shape index (κ2) is 15.8. The molecule has 0 spiro atoms. The first-order valence-corrected chi connectivity index (χ1v) is 15.8. The maximum absolute atomic E-state index is 13.7. The van der Waals surface area contributed by atoms with E-state index in [0.717, 1.165) is 5.56 Å². The van der Waals surface area contributed by atoms with Gasteiger partial charge in [-0.2, -0.15) is 4.68 Å². The molecule has 0 saturated heterocycles. The van der Waals surface area contributed by atoms with Gasteiger partial charge in [-0.05, 0) is 76.2 Å². The molecular formula is C35H32ClN9O6. The SMILES string of the molecule is CC(C)(CNC(=O)[C@H](Cc1ccc(NC(=O)c2ccncc2)cc1)NC(=O)C(=O)Nc1cc(Cl)ccc1-n1cnnn1)c1ccc(C(=O)O)cc1. The maximum atomic E-state index is 13.7. The summed E-state index contributed by atoms with van der Waals surface area (Å²) in [4.78, 5) is 67.9. The average molecular weight is 710 g/mol. The third kappa shape index (κ3) is 9.36. The predicted molar refractivity (Wildman–Crippen MR) is 186 cm³/mol. The number of carboxylic acid groups (broad SMARTS) is 1. The van der Waals surface area contributed by atoms with Gasteiger partial charge in [0.1, 0.15) is 12.4 Å². The van der Waals surface area contributed by atoms with Crippen LogP contribution in [-0.4, -0.2) is 72.5 Å². The molecule has 51 heavy (non-hydrogen) atoms. The van der Waals surface area contributed by atoms with E-state index in [1.165, 1.54) is 41.6 Å². The number of rotatable bonds is 12. The van der Waals surface area contributed by atoms with Gasteiger partial charge in [-0.15, -0.1) is 5.10 Å². The molecule has 16 heteroatoms. The molecule has 0 aliphatic carbocycles. The highest BCUT2D eigenvalue weighted by atomic mass is 35.5. The van der Waals surface area contributed by atoms with E-state index in [9.17, 15) is 29.1 Å². The quantitative estimate of drug-likeness (QED) is 0.119. The Morgan fingerprint density at radius 1 is 0.863 bits per heavy atom. The van der Waals surface area contributed by atoms with Crippen molar-refractivity contribution in [2.45, 2.75) is 31.7 Å². The summed E-state index contributed by atoms with van der Waals surface area (Å²) in [5.74, 6) is -4.12. The number of pyridine rings is 1. The third-order valence-corrected chi connectivity index (χ3v) is 8.08. The van der Waals surface area contributed by atoms with Crippen LogP contribution < -0.4 is 21.3 Å². The molecule has 5 N–H and O–H groups in total. The summed E-state index contributed by atoms with van der Waals surface area (Å²) < 4.78 is 1.28. The van der Waals surface area contributed by atoms with Crippen LogP contribution in [0.15, 0.2) is 97.6 Å². The smallest absolute Gasteiger partial charge is 0.335 e. The van der Waals surface area contributed by atoms with Crippen LogP contribution >= 0.6 is 11.6 Å². The molecule has 3 aromatic carbocycles. The Balaban J connectivity index is 1.31. The minimum Gasteiger partial charge on any atom is -0.478 e. The fraction of sp³-hybridized carbons (Fsp3) is 0.171. The summed E-state index contributed by atoms with van der Waals surface area (Å²) >= 11 is 6.15. The van der Waals surface area contributed by atoms with Gasteiger partial charge in [-0.3, -0.25) is 24.2 Å². The molecule has 0 aliphatic rings. The first-order chi connectivity index (χ1) is 24.4. The molecule has 15 nitrogen and oxygen atoms in total. The number of benzene rings is 3. The van der Waals surface area contributed by atoms with Gasteiger partial charge < -0.3 is 26.4 Å². The van der Waals surface area contributed by atoms with Crippen molar-refractivity contribution < 1.29 is 29.1 Å². The summed E-state index contributed by atoms with van der Waals surface area (Å²) in [6, 6.07) is 19.5. The Hall–Kier alpha value is -6.48. The second-order valence-corrected chi connectivity index (χ2v) is 12.4. The van der Waals surface area contributed by atoms with Gasteiger partial charge in [-0.25, -0.2) is 4.79 Å². The lowest BCUT2D eigenvalue weighted by molar-refractivity contribution is -0.138. The van der Waals surface area contributed by atoms with Crippen molar-refractivity contribution in [3.63, 3.8) is 0 Å². The van der Waals surface area contributed by atoms with E-state index in [1.54, 1.807) is 60.7 Å². The van der Waals surface area contributed by atoms with Gasteiger partial charge in [0.25, 0.3) is 5.91 Å². The van der Waals surface area contributed by atoms with Crippen LogP contribution in [0.2, 0.25) is 5.02 Å². The van der Waals surface area contributed by atoms with Crippen LogP contribution in [0.4, 0.5) is 11.4 Å². The first kappa shape index (κ1) is 35.8. The number of tetrazole rings is 1. The van der Waals surface area contributed by atoms with E-state index in [1.807, 2.05) is 13.8 Å². The molecule has 260 valence electrons. The number of aromatic carboxylic acids is 1. The normalized spacial score (nSPS) is 11.6. The van der Waals surface area contributed by atoms with Crippen molar-refractivity contribution in [2.75, 3.05) is 17.2 Å². The van der Waals surface area contributed by atoms with Crippen LogP contribution in [0, 0.1) is 0 Å². The van der Waals surface area contributed by atoms with Gasteiger partial charge in [0.05, 0.1) is 16.9 Å². The average Bonchev–Trinajstić information content (AvgIpc) is 3.66. The fourth-order valence-corrected chi connectivity index (χ4v) is 5.13. The zero-order chi connectivity index (χ0) is 36.5. The fourth-order valence-electron chi connectivity index (χ4n) is 4.96. The maximum Gasteiger partial charge on any atom is 0.335 e. The number of carboxylic acids is 1. The van der Waals surface area contributed by atoms with Crippen molar-refractivity contribution >= 4 is 52.6 Å². The molecule has 0 bridgehead atoms. The number of carbonyl (C=O) groups excluding carboxylic acids is 4. The third-order valence-electron chi connectivity index (χ3n) is 7.84. The standard InChI is InChI=1S/C35H32ClN9O6/c1-35(2,24-7-5-23(6-8-24)34(50)51)19-38-31(47)28(17-21-3-10-26(11-4-21)40-30(46)22-13-15-37-16-14-22)42-33(49)32(48)41-27-18-25(36)9-12-29(27)45-20-39-43-44-45/h3-16,18,20,28H,17,19H2,1-2H3,(H,38,47)(H,40,46)(H,41,48)(H,42,49)(H,50,51)/t28-/m0/s1. The van der Waals surface area contributed by atoms with Crippen molar-refractivity contribution in [1.82, 2.24) is 35.8 Å². The summed E-state index contributed by atoms with van der Waals surface area (Å²) in [7, 11) is 0. The number of anilines is 2. The van der Waals surface area contributed by atoms with Gasteiger partial charge in [0.15, 0.2) is 0 Å². The zero-order valence-corrected chi connectivity index (χ0v) is 28.1. The molecule has 0 fully saturated rings. The molecule has 0 radical (unpaired) electrons. The molecule has 5 aromatic rings. The van der Waals surface area contributed by atoms with Crippen molar-refractivity contribution in [1.29, 1.82) is 0 Å². The van der Waals surface area contributed by atoms with Crippen LogP contribution in [0.3, 0.4) is 0 Å². The Morgan fingerprint density at radius 2 is 1.57 bits per heavy atom. The van der Waals surface area contributed by atoms with E-state index in [4.69, 9.17) is 11.6 Å². The molecule has 1 atom stereocenters. The highest BCUT2D eigenvalue weighted by Crippen LogP contribution is 2.25. The molecule has 0 unspecified atom stereocenters. The van der Waals surface area contributed by atoms with Gasteiger partial charge in [0.2, 0.25) is 5.91 Å². The van der Waals surface area contributed by atoms with E-state index < -0.39 is 35.1 Å². The second-order valence-electron chi connectivity index (χ2n) is 12.0. The summed E-state index contributed by atoms with van der Waals surface area (Å²) in [6.45, 7) is 3.86. The Morgan fingerprint density at radius 3 is 2.22 bits per heavy atom. The van der Waals surface area contributed by atoms with E-state index in [0.29, 0.717) is 22.5 Å². The number of halogens is 1. The van der Waals surface area contributed by atoms with E-state index in [2.05, 4.69) is 41.8 Å². The lowest BCUT2D eigenvalue weighted by Crippen LogP contribution is -2.52. The lowest BCUT2D eigenvalue weighted by Gasteiger charge is -2.27. The van der Waals surface area contributed by atoms with Crippen molar-refractivity contribution in [3.8, 4) is 5.69 Å². The molecule has 2 heterocycles. The molecule has 2 aromatic heterocycles. The predicted octanol–water partition coefficient (Wildman–Crippen LogP) is 3.42. The highest BCUT2D eigenvalue weighted by Gasteiger charge is 2.28. The molecule has 0 saturated carbocycles. The number of nitrogens with zero attached hydrogens (tertiary/aromatic N) is 5. The minimum absolute atomic E-state index is 0.00971. The number of hydrogen-bond acceptors (Lipinski definition) is 9.